The molecule has 4 heterocycles. The Bertz CT molecular complexity index is 1760. The first-order chi connectivity index (χ1) is 21.4. The number of halogens is 3. The number of nitrogens with zero attached hydrogens (tertiary/aromatic N) is 5. The number of alkyl halides is 3. The summed E-state index contributed by atoms with van der Waals surface area (Å²) in [5, 5.41) is 9.00. The Morgan fingerprint density at radius 2 is 1.80 bits per heavy atom. The van der Waals surface area contributed by atoms with Gasteiger partial charge >= 0.3 is 12.2 Å². The van der Waals surface area contributed by atoms with Gasteiger partial charge in [-0.3, -0.25) is 19.8 Å². The smallest absolute Gasteiger partial charge is 0.345 e. The Hall–Kier alpha value is -4.34. The van der Waals surface area contributed by atoms with E-state index in [2.05, 4.69) is 42.8 Å². The van der Waals surface area contributed by atoms with E-state index < -0.39 is 29.2 Å². The lowest BCUT2D eigenvalue weighted by atomic mass is 10.1. The first kappa shape index (κ1) is 32.1. The van der Waals surface area contributed by atoms with Crippen LogP contribution in [-0.2, 0) is 12.7 Å². The third kappa shape index (κ3) is 7.67. The van der Waals surface area contributed by atoms with Gasteiger partial charge in [-0.15, -0.1) is 11.3 Å². The van der Waals surface area contributed by atoms with Crippen molar-refractivity contribution in [2.24, 2.45) is 0 Å². The van der Waals surface area contributed by atoms with Gasteiger partial charge in [0.2, 0.25) is 5.43 Å². The van der Waals surface area contributed by atoms with Crippen molar-refractivity contribution in [3.63, 3.8) is 0 Å². The van der Waals surface area contributed by atoms with Crippen LogP contribution in [0.25, 0.3) is 21.5 Å². The third-order valence-corrected chi connectivity index (χ3v) is 8.20. The van der Waals surface area contributed by atoms with Gasteiger partial charge in [-0.05, 0) is 39.1 Å². The molecule has 1 aromatic carbocycles. The summed E-state index contributed by atoms with van der Waals surface area (Å²) in [6.07, 6.45) is -1.95. The van der Waals surface area contributed by atoms with Crippen molar-refractivity contribution in [1.82, 2.24) is 29.7 Å². The molecule has 15 heteroatoms. The molecule has 1 aliphatic rings. The maximum atomic E-state index is 13.7. The van der Waals surface area contributed by atoms with Gasteiger partial charge in [-0.25, -0.2) is 14.8 Å². The van der Waals surface area contributed by atoms with Gasteiger partial charge in [0.25, 0.3) is 5.91 Å². The quantitative estimate of drug-likeness (QED) is 0.257. The highest BCUT2D eigenvalue weighted by molar-refractivity contribution is 7.13. The minimum Gasteiger partial charge on any atom is -0.345 e. The number of thiazole rings is 1. The zero-order valence-corrected chi connectivity index (χ0v) is 25.8. The van der Waals surface area contributed by atoms with E-state index in [0.29, 0.717) is 17.4 Å². The number of anilines is 2. The average Bonchev–Trinajstić information content (AvgIpc) is 3.49. The highest BCUT2D eigenvalue weighted by Gasteiger charge is 2.34. The van der Waals surface area contributed by atoms with E-state index in [0.717, 1.165) is 49.4 Å². The standard InChI is InChI=1S/C30H33F3N8O3S/c1-18(2)35-29(44)38-25-14-20(28-37-24(17-45-28)30(31,32)33)22(15-34-25)36-27(43)21-16-41(13-12-40-10-8-39(3)9-11-40)23-7-5-4-6-19(23)26(21)42/h4-7,14-18H,8-13H2,1-3H3,(H,36,43)(H2,34,35,38,44). The van der Waals surface area contributed by atoms with Gasteiger partial charge in [0, 0.05) is 67.8 Å². The summed E-state index contributed by atoms with van der Waals surface area (Å²) in [4.78, 5) is 51.9. The van der Waals surface area contributed by atoms with E-state index in [9.17, 15) is 27.6 Å². The predicted molar refractivity (Wildman–Crippen MR) is 168 cm³/mol. The number of pyridine rings is 2. The van der Waals surface area contributed by atoms with Crippen molar-refractivity contribution in [3.05, 3.63) is 69.6 Å². The first-order valence-electron chi connectivity index (χ1n) is 14.3. The van der Waals surface area contributed by atoms with E-state index in [-0.39, 0.29) is 33.7 Å². The number of benzene rings is 1. The summed E-state index contributed by atoms with van der Waals surface area (Å²) in [5.41, 5.74) is -0.906. The van der Waals surface area contributed by atoms with Crippen LogP contribution in [-0.4, -0.2) is 82.1 Å². The molecule has 1 aliphatic heterocycles. The SMILES string of the molecule is CC(C)NC(=O)Nc1cc(-c2nc(C(F)(F)F)cs2)c(NC(=O)c2cn(CCN3CCN(C)CC3)c3ccccc3c2=O)cn1. The third-order valence-electron chi connectivity index (χ3n) is 7.32. The van der Waals surface area contributed by atoms with Crippen LogP contribution in [0.5, 0.6) is 0 Å². The molecule has 4 aromatic rings. The fraction of sp³-hybridized carbons (Fsp3) is 0.367. The molecule has 0 saturated carbocycles. The van der Waals surface area contributed by atoms with Crippen LogP contribution in [0.3, 0.4) is 0 Å². The molecule has 1 fully saturated rings. The zero-order chi connectivity index (χ0) is 32.3. The first-order valence-corrected chi connectivity index (χ1v) is 15.2. The van der Waals surface area contributed by atoms with Crippen molar-refractivity contribution < 1.29 is 22.8 Å². The topological polar surface area (TPSA) is 124 Å². The molecule has 0 bridgehead atoms. The highest BCUT2D eigenvalue weighted by atomic mass is 32.1. The summed E-state index contributed by atoms with van der Waals surface area (Å²) in [6.45, 7) is 8.51. The fourth-order valence-corrected chi connectivity index (χ4v) is 5.80. The van der Waals surface area contributed by atoms with Crippen molar-refractivity contribution in [2.45, 2.75) is 32.6 Å². The number of carbonyl (C=O) groups is 2. The number of urea groups is 1. The maximum Gasteiger partial charge on any atom is 0.434 e. The molecule has 0 unspecified atom stereocenters. The Kier molecular flexibility index (Phi) is 9.51. The number of hydrogen-bond acceptors (Lipinski definition) is 8. The molecular formula is C30H33F3N8O3S. The number of nitrogens with one attached hydrogen (secondary N) is 3. The van der Waals surface area contributed by atoms with Crippen molar-refractivity contribution in [1.29, 1.82) is 0 Å². The number of para-hydroxylation sites is 1. The molecule has 0 aliphatic carbocycles. The molecular weight excluding hydrogens is 609 g/mol. The molecule has 11 nitrogen and oxygen atoms in total. The Labute approximate surface area is 261 Å². The van der Waals surface area contributed by atoms with E-state index >= 15 is 0 Å². The lowest BCUT2D eigenvalue weighted by Crippen LogP contribution is -2.45. The zero-order valence-electron chi connectivity index (χ0n) is 24.9. The molecule has 238 valence electrons. The lowest BCUT2D eigenvalue weighted by Gasteiger charge is -2.32. The molecule has 5 rings (SSSR count). The number of hydrogen-bond donors (Lipinski definition) is 3. The maximum absolute atomic E-state index is 13.7. The normalized spacial score (nSPS) is 14.6. The van der Waals surface area contributed by atoms with Gasteiger partial charge in [-0.2, -0.15) is 13.2 Å². The van der Waals surface area contributed by atoms with Gasteiger partial charge in [0.15, 0.2) is 5.69 Å². The van der Waals surface area contributed by atoms with E-state index in [1.807, 2.05) is 16.7 Å². The van der Waals surface area contributed by atoms with Gasteiger partial charge < -0.3 is 20.1 Å². The number of carbonyl (C=O) groups excluding carboxylic acids is 2. The number of rotatable bonds is 8. The predicted octanol–water partition coefficient (Wildman–Crippen LogP) is 4.57. The van der Waals surface area contributed by atoms with Gasteiger partial charge in [-0.1, -0.05) is 12.1 Å². The summed E-state index contributed by atoms with van der Waals surface area (Å²) >= 11 is 0.720. The molecule has 45 heavy (non-hydrogen) atoms. The summed E-state index contributed by atoms with van der Waals surface area (Å²) in [7, 11) is 2.08. The van der Waals surface area contributed by atoms with Gasteiger partial charge in [0.05, 0.1) is 17.4 Å². The largest absolute Gasteiger partial charge is 0.434 e. The fourth-order valence-electron chi connectivity index (χ4n) is 4.94. The van der Waals surface area contributed by atoms with Crippen LogP contribution in [0.15, 0.2) is 52.9 Å². The Morgan fingerprint density at radius 3 is 2.49 bits per heavy atom. The number of piperazine rings is 1. The summed E-state index contributed by atoms with van der Waals surface area (Å²) < 4.78 is 42.0. The lowest BCUT2D eigenvalue weighted by molar-refractivity contribution is -0.140. The van der Waals surface area contributed by atoms with Crippen LogP contribution in [0.4, 0.5) is 29.5 Å². The van der Waals surface area contributed by atoms with Crippen LogP contribution in [0.2, 0.25) is 0 Å². The van der Waals surface area contributed by atoms with Crippen molar-refractivity contribution >= 4 is 45.7 Å². The molecule has 0 spiro atoms. The minimum absolute atomic E-state index is 0.0226. The van der Waals surface area contributed by atoms with Gasteiger partial charge in [0.1, 0.15) is 16.4 Å². The Balaban J connectivity index is 1.47. The second-order valence-electron chi connectivity index (χ2n) is 11.1. The summed E-state index contributed by atoms with van der Waals surface area (Å²) in [6, 6.07) is 7.61. The number of aromatic nitrogens is 3. The average molecular weight is 643 g/mol. The summed E-state index contributed by atoms with van der Waals surface area (Å²) in [5.74, 6) is -0.727. The van der Waals surface area contributed by atoms with Crippen LogP contribution in [0, 0.1) is 0 Å². The Morgan fingerprint density at radius 1 is 1.07 bits per heavy atom. The molecule has 1 saturated heterocycles. The van der Waals surface area contributed by atoms with Crippen LogP contribution < -0.4 is 21.4 Å². The second kappa shape index (κ2) is 13.3. The molecule has 3 aromatic heterocycles. The van der Waals surface area contributed by atoms with Crippen molar-refractivity contribution in [3.8, 4) is 10.6 Å². The minimum atomic E-state index is -4.68. The molecule has 3 N–H and O–H groups in total. The molecule has 3 amide bonds. The van der Waals surface area contributed by atoms with E-state index in [1.165, 1.54) is 18.5 Å². The van der Waals surface area contributed by atoms with E-state index in [4.69, 9.17) is 0 Å². The number of amides is 3. The van der Waals surface area contributed by atoms with Crippen LogP contribution >= 0.6 is 11.3 Å². The van der Waals surface area contributed by atoms with E-state index in [1.54, 1.807) is 26.0 Å². The van der Waals surface area contributed by atoms with Crippen LogP contribution in [0.1, 0.15) is 29.9 Å². The number of likely N-dealkylation sites (N-methyl/N-ethyl adjacent to an activating group) is 1. The highest BCUT2D eigenvalue weighted by Crippen LogP contribution is 2.37. The molecule has 0 atom stereocenters. The molecule has 0 radical (unpaired) electrons. The second-order valence-corrected chi connectivity index (χ2v) is 11.9. The van der Waals surface area contributed by atoms with Crippen molar-refractivity contribution in [2.75, 3.05) is 50.4 Å². The number of fused-ring (bicyclic) bond motifs is 1. The monoisotopic (exact) mass is 642 g/mol.